The van der Waals surface area contributed by atoms with Crippen molar-refractivity contribution in [3.63, 3.8) is 0 Å². The van der Waals surface area contributed by atoms with Gasteiger partial charge in [-0.15, -0.1) is 0 Å². The largest absolute Gasteiger partial charge is 0.342 e. The second-order valence-corrected chi connectivity index (χ2v) is 5.56. The number of nitrogens with one attached hydrogen (secondary N) is 1. The van der Waals surface area contributed by atoms with Gasteiger partial charge >= 0.3 is 0 Å². The van der Waals surface area contributed by atoms with Crippen molar-refractivity contribution in [3.8, 4) is 0 Å². The molecule has 0 aliphatic heterocycles. The summed E-state index contributed by atoms with van der Waals surface area (Å²) in [7, 11) is -4.01. The van der Waals surface area contributed by atoms with Gasteiger partial charge in [-0.25, -0.2) is 17.5 Å². The Bertz CT molecular complexity index is 542. The van der Waals surface area contributed by atoms with E-state index in [0.717, 1.165) is 12.1 Å². The van der Waals surface area contributed by atoms with Crippen molar-refractivity contribution in [2.45, 2.75) is 18.7 Å². The minimum Gasteiger partial charge on any atom is -0.342 e. The highest BCUT2D eigenvalue weighted by molar-refractivity contribution is 7.89. The Morgan fingerprint density at radius 2 is 1.84 bits per heavy atom. The molecule has 0 heterocycles. The summed E-state index contributed by atoms with van der Waals surface area (Å²) in [6.07, 6.45) is 0. The van der Waals surface area contributed by atoms with E-state index in [1.54, 1.807) is 13.8 Å². The normalized spacial score (nSPS) is 11.3. The number of hydrogen-bond acceptors (Lipinski definition) is 3. The SMILES string of the molecule is CCN(CC)C(=O)CNS(=O)(=O)c1ccccc1F. The first-order valence-corrected chi connectivity index (χ1v) is 7.42. The summed E-state index contributed by atoms with van der Waals surface area (Å²) >= 11 is 0. The van der Waals surface area contributed by atoms with Crippen molar-refractivity contribution in [2.24, 2.45) is 0 Å². The van der Waals surface area contributed by atoms with E-state index in [9.17, 15) is 17.6 Å². The summed E-state index contributed by atoms with van der Waals surface area (Å²) in [6, 6.07) is 5.03. The highest BCUT2D eigenvalue weighted by Gasteiger charge is 2.20. The molecule has 0 atom stereocenters. The van der Waals surface area contributed by atoms with Crippen LogP contribution >= 0.6 is 0 Å². The molecule has 0 aromatic heterocycles. The lowest BCUT2D eigenvalue weighted by Gasteiger charge is -2.18. The molecule has 0 unspecified atom stereocenters. The van der Waals surface area contributed by atoms with Crippen molar-refractivity contribution < 1.29 is 17.6 Å². The van der Waals surface area contributed by atoms with Gasteiger partial charge in [0.2, 0.25) is 15.9 Å². The van der Waals surface area contributed by atoms with Crippen LogP contribution in [-0.2, 0) is 14.8 Å². The lowest BCUT2D eigenvalue weighted by molar-refractivity contribution is -0.129. The Morgan fingerprint density at radius 1 is 1.26 bits per heavy atom. The molecule has 1 N–H and O–H groups in total. The maximum atomic E-state index is 13.4. The topological polar surface area (TPSA) is 66.5 Å². The predicted molar refractivity (Wildman–Crippen MR) is 69.5 cm³/mol. The molecule has 1 aromatic carbocycles. The molecule has 1 aromatic rings. The van der Waals surface area contributed by atoms with Crippen LogP contribution in [0.3, 0.4) is 0 Å². The van der Waals surface area contributed by atoms with Crippen LogP contribution in [0.2, 0.25) is 0 Å². The van der Waals surface area contributed by atoms with Crippen LogP contribution in [0.5, 0.6) is 0 Å². The second-order valence-electron chi connectivity index (χ2n) is 3.82. The number of benzene rings is 1. The van der Waals surface area contributed by atoms with Crippen LogP contribution in [-0.4, -0.2) is 38.9 Å². The van der Waals surface area contributed by atoms with E-state index in [4.69, 9.17) is 0 Å². The predicted octanol–water partition coefficient (Wildman–Crippen LogP) is 0.972. The summed E-state index contributed by atoms with van der Waals surface area (Å²) < 4.78 is 39.2. The maximum Gasteiger partial charge on any atom is 0.243 e. The number of nitrogens with zero attached hydrogens (tertiary/aromatic N) is 1. The Labute approximate surface area is 112 Å². The molecule has 1 amide bonds. The molecule has 106 valence electrons. The maximum absolute atomic E-state index is 13.4. The summed E-state index contributed by atoms with van der Waals surface area (Å²) in [6.45, 7) is 4.21. The summed E-state index contributed by atoms with van der Waals surface area (Å²) in [4.78, 5) is 12.7. The van der Waals surface area contributed by atoms with E-state index in [2.05, 4.69) is 4.72 Å². The van der Waals surface area contributed by atoms with E-state index < -0.39 is 20.7 Å². The Kier molecular flexibility index (Phi) is 5.44. The van der Waals surface area contributed by atoms with E-state index in [1.807, 2.05) is 0 Å². The van der Waals surface area contributed by atoms with Gasteiger partial charge in [-0.1, -0.05) is 12.1 Å². The quantitative estimate of drug-likeness (QED) is 0.848. The highest BCUT2D eigenvalue weighted by atomic mass is 32.2. The Hall–Kier alpha value is -1.47. The fourth-order valence-corrected chi connectivity index (χ4v) is 2.64. The van der Waals surface area contributed by atoms with Gasteiger partial charge in [-0.05, 0) is 26.0 Å². The molecule has 19 heavy (non-hydrogen) atoms. The first kappa shape index (κ1) is 15.6. The number of amides is 1. The first-order valence-electron chi connectivity index (χ1n) is 5.94. The van der Waals surface area contributed by atoms with Crippen LogP contribution in [0.1, 0.15) is 13.8 Å². The molecular weight excluding hydrogens is 271 g/mol. The standard InChI is InChI=1S/C12H17FN2O3S/c1-3-15(4-2)12(16)9-14-19(17,18)11-8-6-5-7-10(11)13/h5-8,14H,3-4,9H2,1-2H3. The molecule has 0 fully saturated rings. The van der Waals surface area contributed by atoms with E-state index in [-0.39, 0.29) is 12.5 Å². The van der Waals surface area contributed by atoms with Gasteiger partial charge in [-0.3, -0.25) is 4.79 Å². The Balaban J connectivity index is 2.77. The average Bonchev–Trinajstić information content (AvgIpc) is 2.38. The molecule has 0 aliphatic rings. The van der Waals surface area contributed by atoms with Crippen LogP contribution in [0, 0.1) is 5.82 Å². The van der Waals surface area contributed by atoms with Crippen LogP contribution < -0.4 is 4.72 Å². The molecule has 0 aliphatic carbocycles. The van der Waals surface area contributed by atoms with Gasteiger partial charge in [0.05, 0.1) is 6.54 Å². The summed E-state index contributed by atoms with van der Waals surface area (Å²) in [5, 5.41) is 0. The molecule has 7 heteroatoms. The first-order chi connectivity index (χ1) is 8.92. The van der Waals surface area contributed by atoms with Gasteiger partial charge in [0, 0.05) is 13.1 Å². The highest BCUT2D eigenvalue weighted by Crippen LogP contribution is 2.12. The molecule has 5 nitrogen and oxygen atoms in total. The van der Waals surface area contributed by atoms with Crippen LogP contribution in [0.15, 0.2) is 29.2 Å². The lowest BCUT2D eigenvalue weighted by atomic mass is 10.4. The van der Waals surface area contributed by atoms with E-state index in [0.29, 0.717) is 13.1 Å². The van der Waals surface area contributed by atoms with Gasteiger partial charge in [0.15, 0.2) is 0 Å². The van der Waals surface area contributed by atoms with Gasteiger partial charge in [0.25, 0.3) is 0 Å². The van der Waals surface area contributed by atoms with Crippen LogP contribution in [0.4, 0.5) is 4.39 Å². The number of carbonyl (C=O) groups is 1. The molecule has 0 saturated heterocycles. The number of likely N-dealkylation sites (N-methyl/N-ethyl adjacent to an activating group) is 1. The molecule has 1 rings (SSSR count). The number of hydrogen-bond donors (Lipinski definition) is 1. The van der Waals surface area contributed by atoms with Crippen molar-refractivity contribution in [1.29, 1.82) is 0 Å². The van der Waals surface area contributed by atoms with Gasteiger partial charge in [-0.2, -0.15) is 0 Å². The third-order valence-electron chi connectivity index (χ3n) is 2.66. The number of sulfonamides is 1. The monoisotopic (exact) mass is 288 g/mol. The van der Waals surface area contributed by atoms with E-state index >= 15 is 0 Å². The van der Waals surface area contributed by atoms with Crippen molar-refractivity contribution in [2.75, 3.05) is 19.6 Å². The smallest absolute Gasteiger partial charge is 0.243 e. The molecule has 0 spiro atoms. The van der Waals surface area contributed by atoms with Crippen LogP contribution in [0.25, 0.3) is 0 Å². The zero-order valence-electron chi connectivity index (χ0n) is 10.9. The van der Waals surface area contributed by atoms with Gasteiger partial charge in [0.1, 0.15) is 10.7 Å². The minimum atomic E-state index is -4.01. The van der Waals surface area contributed by atoms with Crippen molar-refractivity contribution in [1.82, 2.24) is 9.62 Å². The molecule has 0 bridgehead atoms. The fraction of sp³-hybridized carbons (Fsp3) is 0.417. The molecule has 0 saturated carbocycles. The zero-order valence-corrected chi connectivity index (χ0v) is 11.7. The van der Waals surface area contributed by atoms with Gasteiger partial charge < -0.3 is 4.90 Å². The fourth-order valence-electron chi connectivity index (χ4n) is 1.59. The summed E-state index contributed by atoms with van der Waals surface area (Å²) in [5.74, 6) is -1.18. The molecular formula is C12H17FN2O3S. The van der Waals surface area contributed by atoms with E-state index in [1.165, 1.54) is 17.0 Å². The third kappa shape index (κ3) is 4.00. The zero-order chi connectivity index (χ0) is 14.5. The molecule has 0 radical (unpaired) electrons. The number of rotatable bonds is 6. The third-order valence-corrected chi connectivity index (χ3v) is 4.09. The lowest BCUT2D eigenvalue weighted by Crippen LogP contribution is -2.40. The summed E-state index contributed by atoms with van der Waals surface area (Å²) in [5.41, 5.74) is 0. The number of carbonyl (C=O) groups excluding carboxylic acids is 1. The van der Waals surface area contributed by atoms with Crippen molar-refractivity contribution >= 4 is 15.9 Å². The minimum absolute atomic E-state index is 0.343. The second kappa shape index (κ2) is 6.63. The van der Waals surface area contributed by atoms with Crippen molar-refractivity contribution in [3.05, 3.63) is 30.1 Å². The number of halogens is 1. The Morgan fingerprint density at radius 3 is 2.37 bits per heavy atom. The average molecular weight is 288 g/mol.